The fraction of sp³-hybridized carbons (Fsp3) is 0.409. The Labute approximate surface area is 169 Å². The molecule has 2 aromatic heterocycles. The van der Waals surface area contributed by atoms with Crippen molar-refractivity contribution in [2.45, 2.75) is 32.2 Å². The zero-order valence-corrected chi connectivity index (χ0v) is 16.5. The third kappa shape index (κ3) is 3.82. The van der Waals surface area contributed by atoms with Crippen LogP contribution in [0.15, 0.2) is 52.4 Å². The summed E-state index contributed by atoms with van der Waals surface area (Å²) in [5.74, 6) is -0.764. The lowest BCUT2D eigenvalue weighted by molar-refractivity contribution is -0.129. The Hall–Kier alpha value is -2.93. The van der Waals surface area contributed by atoms with E-state index in [4.69, 9.17) is 4.42 Å². The molecule has 29 heavy (non-hydrogen) atoms. The fourth-order valence-corrected chi connectivity index (χ4v) is 4.13. The summed E-state index contributed by atoms with van der Waals surface area (Å²) < 4.78 is 5.47. The van der Waals surface area contributed by atoms with Gasteiger partial charge in [0.05, 0.1) is 11.6 Å². The lowest BCUT2D eigenvalue weighted by atomic mass is 9.96. The monoisotopic (exact) mass is 395 g/mol. The maximum atomic E-state index is 13.1. The molecular weight excluding hydrogens is 370 g/mol. The lowest BCUT2D eigenvalue weighted by Gasteiger charge is -2.31. The first-order valence-corrected chi connectivity index (χ1v) is 10.0. The van der Waals surface area contributed by atoms with E-state index < -0.39 is 23.5 Å². The summed E-state index contributed by atoms with van der Waals surface area (Å²) in [4.78, 5) is 34.0. The Kier molecular flexibility index (Phi) is 5.49. The van der Waals surface area contributed by atoms with Crippen LogP contribution < -0.4 is 0 Å². The van der Waals surface area contributed by atoms with E-state index in [9.17, 15) is 14.7 Å². The number of Topliss-reactive ketones (excluding diaryl/α,β-unsaturated/α-hetero) is 1. The van der Waals surface area contributed by atoms with Crippen molar-refractivity contribution >= 4 is 11.7 Å². The third-order valence-corrected chi connectivity index (χ3v) is 5.64. The standard InChI is InChI=1S/C22H25N3O4/c1-15-5-6-17(29-15)20(26)18-19(16-7-9-23-10-8-16)25(22(28)21(18)27)14-13-24-11-3-2-4-12-24/h5-10,19,27H,2-4,11-14H2,1H3. The highest BCUT2D eigenvalue weighted by Gasteiger charge is 2.44. The third-order valence-electron chi connectivity index (χ3n) is 5.64. The van der Waals surface area contributed by atoms with Crippen molar-refractivity contribution in [1.82, 2.24) is 14.8 Å². The average molecular weight is 395 g/mol. The number of aryl methyl sites for hydroxylation is 1. The van der Waals surface area contributed by atoms with E-state index in [1.807, 2.05) is 0 Å². The van der Waals surface area contributed by atoms with Gasteiger partial charge < -0.3 is 19.3 Å². The lowest BCUT2D eigenvalue weighted by Crippen LogP contribution is -2.40. The van der Waals surface area contributed by atoms with Gasteiger partial charge in [-0.05, 0) is 62.7 Å². The van der Waals surface area contributed by atoms with Crippen LogP contribution in [0.2, 0.25) is 0 Å². The molecule has 1 unspecified atom stereocenters. The molecule has 2 aliphatic rings. The molecule has 152 valence electrons. The normalized spacial score (nSPS) is 20.5. The van der Waals surface area contributed by atoms with Crippen molar-refractivity contribution in [2.24, 2.45) is 0 Å². The second-order valence-electron chi connectivity index (χ2n) is 7.59. The summed E-state index contributed by atoms with van der Waals surface area (Å²) in [6.07, 6.45) is 6.80. The summed E-state index contributed by atoms with van der Waals surface area (Å²) >= 11 is 0. The SMILES string of the molecule is Cc1ccc(C(=O)C2=C(O)C(=O)N(CCN3CCCCC3)C2c2ccncc2)o1. The number of amides is 1. The van der Waals surface area contributed by atoms with Crippen molar-refractivity contribution in [3.8, 4) is 0 Å². The van der Waals surface area contributed by atoms with E-state index in [-0.39, 0.29) is 11.3 Å². The van der Waals surface area contributed by atoms with Gasteiger partial charge in [0.25, 0.3) is 5.91 Å². The van der Waals surface area contributed by atoms with Crippen LogP contribution in [0.1, 0.15) is 47.2 Å². The molecule has 0 aromatic carbocycles. The maximum Gasteiger partial charge on any atom is 0.290 e. The molecule has 4 rings (SSSR count). The second kappa shape index (κ2) is 8.21. The molecule has 2 aromatic rings. The van der Waals surface area contributed by atoms with E-state index in [0.717, 1.165) is 31.5 Å². The van der Waals surface area contributed by atoms with Crippen LogP contribution in [-0.2, 0) is 4.79 Å². The number of carbonyl (C=O) groups is 2. The molecule has 1 atom stereocenters. The van der Waals surface area contributed by atoms with Gasteiger partial charge in [0.2, 0.25) is 5.78 Å². The molecule has 1 amide bonds. The van der Waals surface area contributed by atoms with E-state index in [0.29, 0.717) is 18.8 Å². The van der Waals surface area contributed by atoms with Gasteiger partial charge in [-0.2, -0.15) is 0 Å². The molecule has 0 radical (unpaired) electrons. The van der Waals surface area contributed by atoms with Gasteiger partial charge in [0.1, 0.15) is 5.76 Å². The summed E-state index contributed by atoms with van der Waals surface area (Å²) in [6.45, 7) is 4.92. The van der Waals surface area contributed by atoms with Crippen LogP contribution in [0, 0.1) is 6.92 Å². The van der Waals surface area contributed by atoms with Crippen LogP contribution in [0.3, 0.4) is 0 Å². The molecule has 0 saturated carbocycles. The highest BCUT2D eigenvalue weighted by molar-refractivity contribution is 6.15. The minimum Gasteiger partial charge on any atom is -0.503 e. The number of likely N-dealkylation sites (tertiary alicyclic amines) is 1. The minimum absolute atomic E-state index is 0.0641. The Bertz CT molecular complexity index is 929. The van der Waals surface area contributed by atoms with Crippen molar-refractivity contribution in [3.63, 3.8) is 0 Å². The molecule has 4 heterocycles. The second-order valence-corrected chi connectivity index (χ2v) is 7.59. The Balaban J connectivity index is 1.65. The first-order chi connectivity index (χ1) is 14.1. The van der Waals surface area contributed by atoms with Gasteiger partial charge in [0, 0.05) is 25.5 Å². The van der Waals surface area contributed by atoms with Crippen molar-refractivity contribution in [2.75, 3.05) is 26.2 Å². The number of hydrogen-bond donors (Lipinski definition) is 1. The molecule has 0 spiro atoms. The molecule has 1 fully saturated rings. The van der Waals surface area contributed by atoms with E-state index in [2.05, 4.69) is 9.88 Å². The van der Waals surface area contributed by atoms with Gasteiger partial charge >= 0.3 is 0 Å². The number of aliphatic hydroxyl groups excluding tert-OH is 1. The number of furan rings is 1. The number of ketones is 1. The van der Waals surface area contributed by atoms with Gasteiger partial charge in [-0.25, -0.2) is 0 Å². The van der Waals surface area contributed by atoms with Crippen LogP contribution in [0.5, 0.6) is 0 Å². The Morgan fingerprint density at radius 3 is 2.52 bits per heavy atom. The molecular formula is C22H25N3O4. The van der Waals surface area contributed by atoms with Crippen molar-refractivity contribution < 1.29 is 19.1 Å². The number of rotatable bonds is 6. The Morgan fingerprint density at radius 2 is 1.86 bits per heavy atom. The fourth-order valence-electron chi connectivity index (χ4n) is 4.13. The van der Waals surface area contributed by atoms with Crippen LogP contribution in [-0.4, -0.2) is 57.8 Å². The van der Waals surface area contributed by atoms with E-state index >= 15 is 0 Å². The smallest absolute Gasteiger partial charge is 0.290 e. The largest absolute Gasteiger partial charge is 0.503 e. The number of pyridine rings is 1. The molecule has 7 heteroatoms. The van der Waals surface area contributed by atoms with Gasteiger partial charge in [-0.1, -0.05) is 6.42 Å². The molecule has 1 saturated heterocycles. The highest BCUT2D eigenvalue weighted by Crippen LogP contribution is 2.38. The summed E-state index contributed by atoms with van der Waals surface area (Å²) in [5.41, 5.74) is 0.803. The molecule has 2 aliphatic heterocycles. The van der Waals surface area contributed by atoms with Crippen molar-refractivity contribution in [3.05, 3.63) is 65.1 Å². The first-order valence-electron chi connectivity index (χ1n) is 10.0. The zero-order chi connectivity index (χ0) is 20.4. The summed E-state index contributed by atoms with van der Waals surface area (Å²) in [7, 11) is 0. The molecule has 7 nitrogen and oxygen atoms in total. The number of piperidine rings is 1. The average Bonchev–Trinajstić information content (AvgIpc) is 3.29. The summed E-state index contributed by atoms with van der Waals surface area (Å²) in [5, 5.41) is 10.6. The van der Waals surface area contributed by atoms with Crippen molar-refractivity contribution in [1.29, 1.82) is 0 Å². The van der Waals surface area contributed by atoms with E-state index in [1.54, 1.807) is 48.5 Å². The predicted molar refractivity (Wildman–Crippen MR) is 106 cm³/mol. The van der Waals surface area contributed by atoms with Gasteiger partial charge in [0.15, 0.2) is 11.5 Å². The molecule has 0 bridgehead atoms. The topological polar surface area (TPSA) is 86.9 Å². The predicted octanol–water partition coefficient (Wildman–Crippen LogP) is 3.05. The number of aromatic nitrogens is 1. The van der Waals surface area contributed by atoms with Gasteiger partial charge in [-0.15, -0.1) is 0 Å². The number of hydrogen-bond acceptors (Lipinski definition) is 6. The number of carbonyl (C=O) groups excluding carboxylic acids is 2. The summed E-state index contributed by atoms with van der Waals surface area (Å²) in [6, 6.07) is 6.14. The van der Waals surface area contributed by atoms with Crippen LogP contribution >= 0.6 is 0 Å². The van der Waals surface area contributed by atoms with Crippen LogP contribution in [0.25, 0.3) is 0 Å². The van der Waals surface area contributed by atoms with Gasteiger partial charge in [-0.3, -0.25) is 14.6 Å². The Morgan fingerprint density at radius 1 is 1.14 bits per heavy atom. The highest BCUT2D eigenvalue weighted by atomic mass is 16.3. The molecule has 0 aliphatic carbocycles. The molecule has 1 N–H and O–H groups in total. The minimum atomic E-state index is -0.659. The van der Waals surface area contributed by atoms with Crippen LogP contribution in [0.4, 0.5) is 0 Å². The zero-order valence-electron chi connectivity index (χ0n) is 16.5. The quantitative estimate of drug-likeness (QED) is 0.757. The van der Waals surface area contributed by atoms with E-state index in [1.165, 1.54) is 6.42 Å². The first kappa shape index (κ1) is 19.4. The maximum absolute atomic E-state index is 13.1. The number of aliphatic hydroxyl groups is 1. The number of nitrogens with zero attached hydrogens (tertiary/aromatic N) is 3.